The molecule has 1 atom stereocenters. The van der Waals surface area contributed by atoms with Crippen LogP contribution in [-0.4, -0.2) is 10.9 Å². The molecule has 0 unspecified atom stereocenters. The third kappa shape index (κ3) is 2.29. The van der Waals surface area contributed by atoms with Crippen molar-refractivity contribution in [3.05, 3.63) is 68.9 Å². The molecule has 23 heavy (non-hydrogen) atoms. The molecule has 2 aromatic carbocycles. The summed E-state index contributed by atoms with van der Waals surface area (Å²) in [5.41, 5.74) is 7.49. The normalized spacial score (nSPS) is 16.6. The summed E-state index contributed by atoms with van der Waals surface area (Å²) in [5, 5.41) is 3.54. The first-order valence-electron chi connectivity index (χ1n) is 7.06. The molecule has 0 spiro atoms. The first-order chi connectivity index (χ1) is 11.1. The standard InChI is InChI=1S/C16H12BrN5O/c17-10-5-3-4-9(8-10)13-19-15(18)21-16-20-14(23)11-6-1-2-7-12(11)22(13)16/h1-8,13H,(H3,18,19,20,21,23)/p+1/t13-/m1/s1. The van der Waals surface area contributed by atoms with Gasteiger partial charge >= 0.3 is 11.5 Å². The van der Waals surface area contributed by atoms with Crippen molar-refractivity contribution < 1.29 is 4.57 Å². The molecule has 7 heteroatoms. The minimum absolute atomic E-state index is 0.165. The van der Waals surface area contributed by atoms with Crippen molar-refractivity contribution in [2.75, 3.05) is 5.32 Å². The van der Waals surface area contributed by atoms with Gasteiger partial charge in [0.25, 0.3) is 5.96 Å². The summed E-state index contributed by atoms with van der Waals surface area (Å²) in [6, 6.07) is 15.3. The molecular weight excluding hydrogens is 358 g/mol. The van der Waals surface area contributed by atoms with Crippen molar-refractivity contribution in [1.29, 1.82) is 0 Å². The summed E-state index contributed by atoms with van der Waals surface area (Å²) in [6.07, 6.45) is -0.356. The predicted molar refractivity (Wildman–Crippen MR) is 92.3 cm³/mol. The topological polar surface area (TPSA) is 87.2 Å². The number of fused-ring (bicyclic) bond motifs is 3. The number of nitrogens with zero attached hydrogens (tertiary/aromatic N) is 2. The number of aromatic amines is 1. The largest absolute Gasteiger partial charge is 0.367 e. The third-order valence-corrected chi connectivity index (χ3v) is 4.27. The van der Waals surface area contributed by atoms with Gasteiger partial charge in [-0.2, -0.15) is 4.99 Å². The van der Waals surface area contributed by atoms with Crippen molar-refractivity contribution >= 4 is 38.7 Å². The molecule has 0 aliphatic carbocycles. The first kappa shape index (κ1) is 14.0. The fourth-order valence-electron chi connectivity index (χ4n) is 2.81. The zero-order chi connectivity index (χ0) is 16.0. The van der Waals surface area contributed by atoms with E-state index in [1.807, 2.05) is 47.0 Å². The highest BCUT2D eigenvalue weighted by Gasteiger charge is 2.30. The van der Waals surface area contributed by atoms with E-state index in [4.69, 9.17) is 5.73 Å². The van der Waals surface area contributed by atoms with Gasteiger partial charge in [-0.1, -0.05) is 40.2 Å². The van der Waals surface area contributed by atoms with Gasteiger partial charge in [0.05, 0.1) is 5.39 Å². The van der Waals surface area contributed by atoms with Gasteiger partial charge in [0.15, 0.2) is 0 Å². The van der Waals surface area contributed by atoms with E-state index in [0.717, 1.165) is 15.6 Å². The molecule has 4 N–H and O–H groups in total. The number of nitrogens with one attached hydrogen (secondary N) is 2. The molecule has 1 aliphatic heterocycles. The van der Waals surface area contributed by atoms with E-state index in [9.17, 15) is 4.79 Å². The molecule has 1 aliphatic rings. The number of aromatic nitrogens is 2. The quantitative estimate of drug-likeness (QED) is 0.571. The van der Waals surface area contributed by atoms with Crippen LogP contribution in [0.15, 0.2) is 62.8 Å². The Morgan fingerprint density at radius 2 is 2.00 bits per heavy atom. The Morgan fingerprint density at radius 1 is 1.17 bits per heavy atom. The second kappa shape index (κ2) is 5.20. The van der Waals surface area contributed by atoms with E-state index in [1.165, 1.54) is 0 Å². The van der Waals surface area contributed by atoms with Crippen molar-refractivity contribution in [3.63, 3.8) is 0 Å². The number of nitrogens with two attached hydrogens (primary N) is 1. The number of rotatable bonds is 1. The zero-order valence-corrected chi connectivity index (χ0v) is 13.5. The van der Waals surface area contributed by atoms with E-state index in [0.29, 0.717) is 11.3 Å². The number of halogens is 1. The molecule has 1 aromatic heterocycles. The van der Waals surface area contributed by atoms with Gasteiger partial charge in [-0.3, -0.25) is 4.79 Å². The van der Waals surface area contributed by atoms with Crippen LogP contribution >= 0.6 is 15.9 Å². The number of hydrogen-bond donors (Lipinski definition) is 3. The Labute approximate surface area is 139 Å². The highest BCUT2D eigenvalue weighted by Crippen LogP contribution is 2.23. The molecule has 0 fully saturated rings. The third-order valence-electron chi connectivity index (χ3n) is 3.78. The van der Waals surface area contributed by atoms with Crippen LogP contribution in [0.3, 0.4) is 0 Å². The Hall–Kier alpha value is -2.67. The molecule has 0 bridgehead atoms. The lowest BCUT2D eigenvalue weighted by Crippen LogP contribution is -2.51. The average molecular weight is 371 g/mol. The van der Waals surface area contributed by atoms with Crippen LogP contribution < -0.4 is 21.2 Å². The Bertz CT molecular complexity index is 1010. The molecule has 0 amide bonds. The summed E-state index contributed by atoms with van der Waals surface area (Å²) in [7, 11) is 0. The van der Waals surface area contributed by atoms with Gasteiger partial charge in [-0.05, 0) is 24.3 Å². The van der Waals surface area contributed by atoms with Gasteiger partial charge in [0, 0.05) is 10.0 Å². The Kier molecular flexibility index (Phi) is 3.16. The van der Waals surface area contributed by atoms with Crippen molar-refractivity contribution in [2.45, 2.75) is 6.17 Å². The van der Waals surface area contributed by atoms with Crippen LogP contribution in [0, 0.1) is 0 Å². The molecule has 0 saturated carbocycles. The smallest absolute Gasteiger partial charge is 0.357 e. The van der Waals surface area contributed by atoms with E-state index >= 15 is 0 Å². The van der Waals surface area contributed by atoms with Crippen molar-refractivity contribution in [1.82, 2.24) is 4.98 Å². The van der Waals surface area contributed by atoms with Crippen molar-refractivity contribution in [2.24, 2.45) is 10.7 Å². The van der Waals surface area contributed by atoms with Gasteiger partial charge in [-0.15, -0.1) is 0 Å². The van der Waals surface area contributed by atoms with Crippen LogP contribution in [0.2, 0.25) is 0 Å². The fourth-order valence-corrected chi connectivity index (χ4v) is 3.23. The molecule has 3 aromatic rings. The lowest BCUT2D eigenvalue weighted by atomic mass is 10.1. The van der Waals surface area contributed by atoms with Gasteiger partial charge in [0.2, 0.25) is 6.17 Å². The number of aliphatic imine (C=N–C) groups is 1. The summed E-state index contributed by atoms with van der Waals surface area (Å²) >= 11 is 3.48. The van der Waals surface area contributed by atoms with Gasteiger partial charge < -0.3 is 5.73 Å². The van der Waals surface area contributed by atoms with Crippen LogP contribution in [0.4, 0.5) is 5.95 Å². The maximum atomic E-state index is 12.3. The highest BCUT2D eigenvalue weighted by molar-refractivity contribution is 9.10. The van der Waals surface area contributed by atoms with E-state index in [-0.39, 0.29) is 17.7 Å². The number of anilines is 1. The average Bonchev–Trinajstić information content (AvgIpc) is 2.54. The number of benzene rings is 2. The van der Waals surface area contributed by atoms with E-state index < -0.39 is 0 Å². The lowest BCUT2D eigenvalue weighted by Gasteiger charge is -2.21. The van der Waals surface area contributed by atoms with Crippen molar-refractivity contribution in [3.8, 4) is 0 Å². The maximum Gasteiger partial charge on any atom is 0.367 e. The molecule has 0 saturated heterocycles. The predicted octanol–water partition coefficient (Wildman–Crippen LogP) is 1.87. The molecule has 114 valence electrons. The van der Waals surface area contributed by atoms with Crippen LogP contribution in [-0.2, 0) is 0 Å². The molecule has 4 rings (SSSR count). The SMILES string of the molecule is NC1=N[C@@H](c2cccc(Br)c2)[n+]2c([nH]c(=O)c3ccccc32)N1. The molecule has 0 radical (unpaired) electrons. The summed E-state index contributed by atoms with van der Waals surface area (Å²) < 4.78 is 2.90. The number of hydrogen-bond acceptors (Lipinski definition) is 4. The summed E-state index contributed by atoms with van der Waals surface area (Å²) in [5.74, 6) is 0.784. The monoisotopic (exact) mass is 370 g/mol. The highest BCUT2D eigenvalue weighted by atomic mass is 79.9. The van der Waals surface area contributed by atoms with Gasteiger partial charge in [0.1, 0.15) is 5.52 Å². The minimum atomic E-state index is -0.356. The Morgan fingerprint density at radius 3 is 2.83 bits per heavy atom. The number of para-hydroxylation sites is 1. The van der Waals surface area contributed by atoms with Gasteiger partial charge in [-0.25, -0.2) is 14.9 Å². The maximum absolute atomic E-state index is 12.3. The second-order valence-electron chi connectivity index (χ2n) is 5.26. The minimum Gasteiger partial charge on any atom is -0.357 e. The molecule has 6 nitrogen and oxygen atoms in total. The summed E-state index contributed by atoms with van der Waals surface area (Å²) in [6.45, 7) is 0. The number of H-pyrrole nitrogens is 1. The molecular formula is C16H13BrN5O+. The fraction of sp³-hybridized carbons (Fsp3) is 0.0625. The van der Waals surface area contributed by atoms with Crippen LogP contribution in [0.25, 0.3) is 10.9 Å². The summed E-state index contributed by atoms with van der Waals surface area (Å²) in [4.78, 5) is 19.6. The van der Waals surface area contributed by atoms with Crippen LogP contribution in [0.5, 0.6) is 0 Å². The Balaban J connectivity index is 2.05. The van der Waals surface area contributed by atoms with Crippen LogP contribution in [0.1, 0.15) is 11.7 Å². The van der Waals surface area contributed by atoms with E-state index in [1.54, 1.807) is 6.07 Å². The second-order valence-corrected chi connectivity index (χ2v) is 6.17. The molecule has 2 heterocycles. The zero-order valence-electron chi connectivity index (χ0n) is 12.0. The lowest BCUT2D eigenvalue weighted by molar-refractivity contribution is -0.677. The number of guanidine groups is 1. The van der Waals surface area contributed by atoms with E-state index in [2.05, 4.69) is 31.2 Å². The first-order valence-corrected chi connectivity index (χ1v) is 7.85.